The highest BCUT2D eigenvalue weighted by molar-refractivity contribution is 5.44. The predicted molar refractivity (Wildman–Crippen MR) is 70.4 cm³/mol. The van der Waals surface area contributed by atoms with Crippen LogP contribution in [0.2, 0.25) is 0 Å². The van der Waals surface area contributed by atoms with Gasteiger partial charge >= 0.3 is 0 Å². The standard InChI is InChI=1S/C13H18N2O4/c1-10-8-11(2-3-12(10)15(17)18)19-9-13(16)4-6-14-7-5-13/h2-3,8,14,16H,4-7,9H2,1H3. The highest BCUT2D eigenvalue weighted by atomic mass is 16.6. The SMILES string of the molecule is Cc1cc(OCC2(O)CCNCC2)ccc1[N+](=O)[O-]. The molecule has 1 saturated heterocycles. The number of hydrogen-bond acceptors (Lipinski definition) is 5. The summed E-state index contributed by atoms with van der Waals surface area (Å²) >= 11 is 0. The van der Waals surface area contributed by atoms with E-state index in [9.17, 15) is 15.2 Å². The van der Waals surface area contributed by atoms with E-state index >= 15 is 0 Å². The zero-order valence-corrected chi connectivity index (χ0v) is 10.9. The van der Waals surface area contributed by atoms with Gasteiger partial charge in [0.25, 0.3) is 5.69 Å². The second-order valence-corrected chi connectivity index (χ2v) is 4.97. The molecule has 1 aliphatic heterocycles. The van der Waals surface area contributed by atoms with Crippen molar-refractivity contribution in [1.29, 1.82) is 0 Å². The van der Waals surface area contributed by atoms with Gasteiger partial charge in [0, 0.05) is 11.6 Å². The molecule has 1 aliphatic rings. The Bertz CT molecular complexity index is 470. The summed E-state index contributed by atoms with van der Waals surface area (Å²) in [5.74, 6) is 0.551. The van der Waals surface area contributed by atoms with Gasteiger partial charge in [0.05, 0.1) is 4.92 Å². The first-order valence-corrected chi connectivity index (χ1v) is 6.31. The number of hydrogen-bond donors (Lipinski definition) is 2. The first kappa shape index (κ1) is 13.8. The molecule has 1 aromatic carbocycles. The molecular formula is C13H18N2O4. The number of nitrogens with zero attached hydrogens (tertiary/aromatic N) is 1. The van der Waals surface area contributed by atoms with Gasteiger partial charge in [-0.25, -0.2) is 0 Å². The number of benzene rings is 1. The van der Waals surface area contributed by atoms with Crippen LogP contribution in [0.3, 0.4) is 0 Å². The van der Waals surface area contributed by atoms with Crippen molar-refractivity contribution in [2.75, 3.05) is 19.7 Å². The van der Waals surface area contributed by atoms with Crippen LogP contribution in [-0.4, -0.2) is 35.3 Å². The molecule has 104 valence electrons. The van der Waals surface area contributed by atoms with Crippen molar-refractivity contribution in [2.45, 2.75) is 25.4 Å². The summed E-state index contributed by atoms with van der Waals surface area (Å²) in [6, 6.07) is 4.62. The lowest BCUT2D eigenvalue weighted by molar-refractivity contribution is -0.385. The average molecular weight is 266 g/mol. The average Bonchev–Trinajstić information content (AvgIpc) is 2.37. The molecule has 0 amide bonds. The fraction of sp³-hybridized carbons (Fsp3) is 0.538. The largest absolute Gasteiger partial charge is 0.491 e. The lowest BCUT2D eigenvalue weighted by atomic mass is 9.93. The summed E-state index contributed by atoms with van der Waals surface area (Å²) in [5.41, 5.74) is -0.172. The minimum absolute atomic E-state index is 0.0768. The summed E-state index contributed by atoms with van der Waals surface area (Å²) in [6.45, 7) is 3.44. The fourth-order valence-corrected chi connectivity index (χ4v) is 2.18. The number of aryl methyl sites for hydroxylation is 1. The molecule has 0 spiro atoms. The molecule has 2 rings (SSSR count). The molecule has 0 unspecified atom stereocenters. The van der Waals surface area contributed by atoms with E-state index in [2.05, 4.69) is 5.32 Å². The van der Waals surface area contributed by atoms with E-state index < -0.39 is 10.5 Å². The molecule has 19 heavy (non-hydrogen) atoms. The Labute approximate surface area is 111 Å². The maximum Gasteiger partial charge on any atom is 0.272 e. The normalized spacial score (nSPS) is 18.0. The lowest BCUT2D eigenvalue weighted by Crippen LogP contribution is -2.45. The maximum atomic E-state index is 10.7. The fourth-order valence-electron chi connectivity index (χ4n) is 2.18. The molecule has 0 saturated carbocycles. The predicted octanol–water partition coefficient (Wildman–Crippen LogP) is 1.40. The first-order valence-electron chi connectivity index (χ1n) is 6.31. The molecule has 0 atom stereocenters. The lowest BCUT2D eigenvalue weighted by Gasteiger charge is -2.32. The van der Waals surface area contributed by atoms with E-state index in [0.29, 0.717) is 24.2 Å². The summed E-state index contributed by atoms with van der Waals surface area (Å²) < 4.78 is 5.56. The van der Waals surface area contributed by atoms with Crippen LogP contribution < -0.4 is 10.1 Å². The number of rotatable bonds is 4. The van der Waals surface area contributed by atoms with E-state index in [1.807, 2.05) is 0 Å². The van der Waals surface area contributed by atoms with Crippen LogP contribution >= 0.6 is 0 Å². The van der Waals surface area contributed by atoms with Gasteiger partial charge in [-0.2, -0.15) is 0 Å². The molecule has 0 aliphatic carbocycles. The Morgan fingerprint density at radius 1 is 1.47 bits per heavy atom. The van der Waals surface area contributed by atoms with Gasteiger partial charge in [0.15, 0.2) is 0 Å². The van der Waals surface area contributed by atoms with E-state index in [-0.39, 0.29) is 12.3 Å². The highest BCUT2D eigenvalue weighted by Gasteiger charge is 2.30. The third-order valence-corrected chi connectivity index (χ3v) is 3.41. The van der Waals surface area contributed by atoms with Gasteiger partial charge in [-0.15, -0.1) is 0 Å². The van der Waals surface area contributed by atoms with E-state index in [4.69, 9.17) is 4.74 Å². The highest BCUT2D eigenvalue weighted by Crippen LogP contribution is 2.25. The summed E-state index contributed by atoms with van der Waals surface area (Å²) in [4.78, 5) is 10.3. The number of nitro benzene ring substituents is 1. The first-order chi connectivity index (χ1) is 9.00. The van der Waals surface area contributed by atoms with E-state index in [0.717, 1.165) is 13.1 Å². The van der Waals surface area contributed by atoms with Crippen molar-refractivity contribution in [3.63, 3.8) is 0 Å². The van der Waals surface area contributed by atoms with E-state index in [1.54, 1.807) is 19.1 Å². The van der Waals surface area contributed by atoms with Crippen molar-refractivity contribution in [2.24, 2.45) is 0 Å². The number of aliphatic hydroxyl groups is 1. The third kappa shape index (κ3) is 3.42. The molecule has 1 fully saturated rings. The van der Waals surface area contributed by atoms with Gasteiger partial charge in [0.1, 0.15) is 18.0 Å². The van der Waals surface area contributed by atoms with Gasteiger partial charge in [0.2, 0.25) is 0 Å². The zero-order valence-electron chi connectivity index (χ0n) is 10.9. The van der Waals surface area contributed by atoms with Crippen LogP contribution in [0.5, 0.6) is 5.75 Å². The van der Waals surface area contributed by atoms with Gasteiger partial charge in [-0.3, -0.25) is 10.1 Å². The molecular weight excluding hydrogens is 248 g/mol. The molecule has 2 N–H and O–H groups in total. The van der Waals surface area contributed by atoms with Gasteiger partial charge < -0.3 is 15.2 Å². The van der Waals surface area contributed by atoms with E-state index in [1.165, 1.54) is 6.07 Å². The minimum atomic E-state index is -0.805. The molecule has 6 nitrogen and oxygen atoms in total. The molecule has 0 radical (unpaired) electrons. The molecule has 0 aromatic heterocycles. The topological polar surface area (TPSA) is 84.6 Å². The minimum Gasteiger partial charge on any atom is -0.491 e. The molecule has 1 heterocycles. The van der Waals surface area contributed by atoms with Crippen molar-refractivity contribution in [3.05, 3.63) is 33.9 Å². The van der Waals surface area contributed by atoms with Crippen LogP contribution in [0.15, 0.2) is 18.2 Å². The number of nitro groups is 1. The quantitative estimate of drug-likeness (QED) is 0.635. The zero-order chi connectivity index (χ0) is 13.9. The Balaban J connectivity index is 2.00. The molecule has 1 aromatic rings. The summed E-state index contributed by atoms with van der Waals surface area (Å²) in [5, 5.41) is 24.2. The van der Waals surface area contributed by atoms with Crippen molar-refractivity contribution in [3.8, 4) is 5.75 Å². The summed E-state index contributed by atoms with van der Waals surface area (Å²) in [6.07, 6.45) is 1.30. The van der Waals surface area contributed by atoms with Crippen molar-refractivity contribution in [1.82, 2.24) is 5.32 Å². The van der Waals surface area contributed by atoms with Gasteiger partial charge in [-0.05, 0) is 45.0 Å². The monoisotopic (exact) mass is 266 g/mol. The van der Waals surface area contributed by atoms with Crippen LogP contribution in [0.25, 0.3) is 0 Å². The van der Waals surface area contributed by atoms with Crippen LogP contribution in [0.1, 0.15) is 18.4 Å². The smallest absolute Gasteiger partial charge is 0.272 e. The third-order valence-electron chi connectivity index (χ3n) is 3.41. The Morgan fingerprint density at radius 2 is 2.16 bits per heavy atom. The second-order valence-electron chi connectivity index (χ2n) is 4.97. The number of ether oxygens (including phenoxy) is 1. The number of nitrogens with one attached hydrogen (secondary N) is 1. The van der Waals surface area contributed by atoms with Gasteiger partial charge in [-0.1, -0.05) is 0 Å². The van der Waals surface area contributed by atoms with Crippen LogP contribution in [0.4, 0.5) is 5.69 Å². The number of piperidine rings is 1. The Morgan fingerprint density at radius 3 is 2.74 bits per heavy atom. The summed E-state index contributed by atoms with van der Waals surface area (Å²) in [7, 11) is 0. The molecule has 6 heteroatoms. The van der Waals surface area contributed by atoms with Crippen molar-refractivity contribution < 1.29 is 14.8 Å². The molecule has 0 bridgehead atoms. The Hall–Kier alpha value is -1.66. The Kier molecular flexibility index (Phi) is 4.01. The second kappa shape index (κ2) is 5.54. The van der Waals surface area contributed by atoms with Crippen LogP contribution in [-0.2, 0) is 0 Å². The van der Waals surface area contributed by atoms with Crippen molar-refractivity contribution >= 4 is 5.69 Å². The maximum absolute atomic E-state index is 10.7. The van der Waals surface area contributed by atoms with Crippen LogP contribution in [0, 0.1) is 17.0 Å².